The van der Waals surface area contributed by atoms with Crippen molar-refractivity contribution in [1.29, 1.82) is 0 Å². The zero-order valence-electron chi connectivity index (χ0n) is 9.01. The van der Waals surface area contributed by atoms with Gasteiger partial charge < -0.3 is 10.1 Å². The van der Waals surface area contributed by atoms with Crippen LogP contribution in [0.2, 0.25) is 0 Å². The molecule has 0 radical (unpaired) electrons. The van der Waals surface area contributed by atoms with Crippen molar-refractivity contribution in [3.05, 3.63) is 17.8 Å². The molecule has 3 heteroatoms. The fraction of sp³-hybridized carbons (Fsp3) is 0.500. The first-order valence-corrected chi connectivity index (χ1v) is 4.46. The first kappa shape index (κ1) is 11.8. The lowest BCUT2D eigenvalue weighted by molar-refractivity contribution is 0.410. The predicted molar refractivity (Wildman–Crippen MR) is 56.4 cm³/mol. The fourth-order valence-corrected chi connectivity index (χ4v) is 0.894. The first-order valence-electron chi connectivity index (χ1n) is 4.46. The molecule has 1 heterocycles. The van der Waals surface area contributed by atoms with E-state index in [-0.39, 0.29) is 0 Å². The lowest BCUT2D eigenvalue weighted by Gasteiger charge is -2.04. The van der Waals surface area contributed by atoms with E-state index in [9.17, 15) is 0 Å². The van der Waals surface area contributed by atoms with E-state index in [1.807, 2.05) is 33.9 Å². The summed E-state index contributed by atoms with van der Waals surface area (Å²) < 4.78 is 5.05. The molecule has 0 saturated carbocycles. The van der Waals surface area contributed by atoms with E-state index in [4.69, 9.17) is 4.74 Å². The highest BCUT2D eigenvalue weighted by atomic mass is 16.5. The zero-order chi connectivity index (χ0) is 10.3. The minimum absolute atomic E-state index is 0.823. The third-order valence-corrected chi connectivity index (χ3v) is 1.54. The van der Waals surface area contributed by atoms with Crippen LogP contribution in [-0.4, -0.2) is 19.1 Å². The summed E-state index contributed by atoms with van der Waals surface area (Å²) in [5.41, 5.74) is 1.09. The van der Waals surface area contributed by atoms with Crippen molar-refractivity contribution >= 4 is 5.82 Å². The van der Waals surface area contributed by atoms with Crippen molar-refractivity contribution in [1.82, 2.24) is 4.98 Å². The number of nitrogens with one attached hydrogen (secondary N) is 1. The summed E-state index contributed by atoms with van der Waals surface area (Å²) in [6, 6.07) is 1.94. The van der Waals surface area contributed by atoms with Crippen LogP contribution < -0.4 is 10.1 Å². The minimum Gasteiger partial charge on any atom is -0.495 e. The van der Waals surface area contributed by atoms with Gasteiger partial charge in [-0.3, -0.25) is 0 Å². The van der Waals surface area contributed by atoms with Gasteiger partial charge >= 0.3 is 0 Å². The van der Waals surface area contributed by atoms with Crippen molar-refractivity contribution in [2.24, 2.45) is 0 Å². The summed E-state index contributed by atoms with van der Waals surface area (Å²) in [5.74, 6) is 1.69. The quantitative estimate of drug-likeness (QED) is 0.763. The SMILES string of the molecule is CC.CNc1cc(C)c(OC)cn1. The molecule has 3 nitrogen and oxygen atoms in total. The Morgan fingerprint density at radius 2 is 2.00 bits per heavy atom. The Morgan fingerprint density at radius 3 is 2.38 bits per heavy atom. The van der Waals surface area contributed by atoms with E-state index in [0.29, 0.717) is 0 Å². The van der Waals surface area contributed by atoms with E-state index in [1.165, 1.54) is 0 Å². The molecule has 0 atom stereocenters. The van der Waals surface area contributed by atoms with Crippen molar-refractivity contribution < 1.29 is 4.74 Å². The van der Waals surface area contributed by atoms with Crippen LogP contribution in [0.4, 0.5) is 5.82 Å². The molecule has 1 rings (SSSR count). The molecule has 74 valence electrons. The van der Waals surface area contributed by atoms with Crippen LogP contribution in [0, 0.1) is 6.92 Å². The molecular formula is C10H18N2O. The standard InChI is InChI=1S/C8H12N2O.C2H6/c1-6-4-8(9-2)10-5-7(6)11-3;1-2/h4-5H,1-3H3,(H,9,10);1-2H3. The second kappa shape index (κ2) is 6.29. The first-order chi connectivity index (χ1) is 6.27. The van der Waals surface area contributed by atoms with Crippen LogP contribution in [0.5, 0.6) is 5.75 Å². The number of pyridine rings is 1. The predicted octanol–water partition coefficient (Wildman–Crippen LogP) is 2.47. The van der Waals surface area contributed by atoms with E-state index in [0.717, 1.165) is 17.1 Å². The van der Waals surface area contributed by atoms with E-state index >= 15 is 0 Å². The minimum atomic E-state index is 0.823. The number of aromatic nitrogens is 1. The summed E-state index contributed by atoms with van der Waals surface area (Å²) in [5, 5.41) is 2.95. The maximum absolute atomic E-state index is 5.05. The molecule has 0 fully saturated rings. The molecule has 0 bridgehead atoms. The van der Waals surface area contributed by atoms with Crippen molar-refractivity contribution in [3.8, 4) is 5.75 Å². The summed E-state index contributed by atoms with van der Waals surface area (Å²) in [7, 11) is 3.48. The lowest BCUT2D eigenvalue weighted by Crippen LogP contribution is -1.94. The Balaban J connectivity index is 0.000000671. The maximum atomic E-state index is 5.05. The van der Waals surface area contributed by atoms with E-state index in [2.05, 4.69) is 10.3 Å². The number of aryl methyl sites for hydroxylation is 1. The van der Waals surface area contributed by atoms with Crippen LogP contribution in [0.25, 0.3) is 0 Å². The second-order valence-corrected chi connectivity index (χ2v) is 2.29. The molecule has 1 aromatic rings. The molecule has 0 saturated heterocycles. The number of ether oxygens (including phenoxy) is 1. The van der Waals surface area contributed by atoms with Gasteiger partial charge in [-0.05, 0) is 18.6 Å². The molecule has 0 amide bonds. The normalized spacial score (nSPS) is 8.38. The Hall–Kier alpha value is -1.25. The lowest BCUT2D eigenvalue weighted by atomic mass is 10.3. The Bertz CT molecular complexity index is 249. The molecule has 0 spiro atoms. The highest BCUT2D eigenvalue weighted by Gasteiger charge is 1.98. The Labute approximate surface area is 80.1 Å². The van der Waals surface area contributed by atoms with Gasteiger partial charge in [0.15, 0.2) is 0 Å². The van der Waals surface area contributed by atoms with Gasteiger partial charge in [-0.15, -0.1) is 0 Å². The number of hydrogen-bond donors (Lipinski definition) is 1. The van der Waals surface area contributed by atoms with Crippen LogP contribution in [0.3, 0.4) is 0 Å². The van der Waals surface area contributed by atoms with Crippen LogP contribution >= 0.6 is 0 Å². The Kier molecular flexibility index (Phi) is 5.68. The zero-order valence-corrected chi connectivity index (χ0v) is 9.01. The van der Waals surface area contributed by atoms with Gasteiger partial charge in [-0.25, -0.2) is 4.98 Å². The number of rotatable bonds is 2. The van der Waals surface area contributed by atoms with Gasteiger partial charge in [0.05, 0.1) is 13.3 Å². The van der Waals surface area contributed by atoms with Crippen LogP contribution in [0.15, 0.2) is 12.3 Å². The van der Waals surface area contributed by atoms with Crippen molar-refractivity contribution in [2.45, 2.75) is 20.8 Å². The van der Waals surface area contributed by atoms with Crippen LogP contribution in [0.1, 0.15) is 19.4 Å². The van der Waals surface area contributed by atoms with Crippen molar-refractivity contribution in [2.75, 3.05) is 19.5 Å². The molecule has 0 unspecified atom stereocenters. The molecule has 0 aliphatic heterocycles. The van der Waals surface area contributed by atoms with Crippen LogP contribution in [-0.2, 0) is 0 Å². The highest BCUT2D eigenvalue weighted by Crippen LogP contribution is 2.17. The molecule has 0 aliphatic rings. The summed E-state index contributed by atoms with van der Waals surface area (Å²) in [6.45, 7) is 5.99. The number of nitrogens with zero attached hydrogens (tertiary/aromatic N) is 1. The molecule has 1 aromatic heterocycles. The third-order valence-electron chi connectivity index (χ3n) is 1.54. The fourth-order valence-electron chi connectivity index (χ4n) is 0.894. The van der Waals surface area contributed by atoms with E-state index in [1.54, 1.807) is 13.3 Å². The summed E-state index contributed by atoms with van der Waals surface area (Å²) in [6.07, 6.45) is 1.71. The smallest absolute Gasteiger partial charge is 0.140 e. The average Bonchev–Trinajstić information content (AvgIpc) is 2.20. The summed E-state index contributed by atoms with van der Waals surface area (Å²) >= 11 is 0. The Morgan fingerprint density at radius 1 is 1.38 bits per heavy atom. The third kappa shape index (κ3) is 3.32. The number of anilines is 1. The van der Waals surface area contributed by atoms with Gasteiger partial charge in [0.25, 0.3) is 0 Å². The van der Waals surface area contributed by atoms with Gasteiger partial charge in [0, 0.05) is 7.05 Å². The molecule has 13 heavy (non-hydrogen) atoms. The second-order valence-electron chi connectivity index (χ2n) is 2.29. The number of methoxy groups -OCH3 is 1. The largest absolute Gasteiger partial charge is 0.495 e. The van der Waals surface area contributed by atoms with Gasteiger partial charge in [-0.1, -0.05) is 13.8 Å². The van der Waals surface area contributed by atoms with Gasteiger partial charge in [0.1, 0.15) is 11.6 Å². The monoisotopic (exact) mass is 182 g/mol. The average molecular weight is 182 g/mol. The highest BCUT2D eigenvalue weighted by molar-refractivity contribution is 5.42. The van der Waals surface area contributed by atoms with E-state index < -0.39 is 0 Å². The van der Waals surface area contributed by atoms with Crippen molar-refractivity contribution in [3.63, 3.8) is 0 Å². The molecule has 1 N–H and O–H groups in total. The maximum Gasteiger partial charge on any atom is 0.140 e. The topological polar surface area (TPSA) is 34.1 Å². The van der Waals surface area contributed by atoms with Gasteiger partial charge in [-0.2, -0.15) is 0 Å². The molecule has 0 aliphatic carbocycles. The number of hydrogen-bond acceptors (Lipinski definition) is 3. The summed E-state index contributed by atoms with van der Waals surface area (Å²) in [4.78, 5) is 4.09. The molecule has 0 aromatic carbocycles. The van der Waals surface area contributed by atoms with Gasteiger partial charge in [0.2, 0.25) is 0 Å². The molecular weight excluding hydrogens is 164 g/mol.